The summed E-state index contributed by atoms with van der Waals surface area (Å²) < 4.78 is 22.0. The number of halogens is 1. The van der Waals surface area contributed by atoms with E-state index in [-0.39, 0.29) is 17.5 Å². The van der Waals surface area contributed by atoms with Gasteiger partial charge in [-0.2, -0.15) is 0 Å². The molecule has 7 nitrogen and oxygen atoms in total. The fourth-order valence-corrected chi connectivity index (χ4v) is 3.56. The van der Waals surface area contributed by atoms with Gasteiger partial charge in [0.2, 0.25) is 11.1 Å². The van der Waals surface area contributed by atoms with Crippen molar-refractivity contribution in [1.29, 1.82) is 0 Å². The van der Waals surface area contributed by atoms with Gasteiger partial charge in [-0.25, -0.2) is 9.07 Å². The monoisotopic (exact) mass is 423 g/mol. The van der Waals surface area contributed by atoms with Crippen molar-refractivity contribution in [3.05, 3.63) is 78.9 Å². The SMILES string of the molecule is COc1cccc(-c2nnc(SCC(=O)Nc3ccc(F)cc3)n2-n2cccc2)c1. The maximum Gasteiger partial charge on any atom is 0.234 e. The molecule has 4 aromatic rings. The van der Waals surface area contributed by atoms with Crippen LogP contribution in [0.5, 0.6) is 5.75 Å². The quantitative estimate of drug-likeness (QED) is 0.456. The third-order valence-corrected chi connectivity index (χ3v) is 5.14. The number of nitrogens with one attached hydrogen (secondary N) is 1. The van der Waals surface area contributed by atoms with Crippen LogP contribution in [0.3, 0.4) is 0 Å². The van der Waals surface area contributed by atoms with Crippen LogP contribution in [-0.2, 0) is 4.79 Å². The lowest BCUT2D eigenvalue weighted by Crippen LogP contribution is -2.15. The second-order valence-corrected chi connectivity index (χ2v) is 7.20. The number of benzene rings is 2. The fourth-order valence-electron chi connectivity index (χ4n) is 2.82. The second kappa shape index (κ2) is 8.83. The molecule has 0 aliphatic heterocycles. The standard InChI is InChI=1S/C21H18FN5O2S/c1-29-18-6-4-5-15(13-18)20-24-25-21(27(20)26-11-2-3-12-26)30-14-19(28)23-17-9-7-16(22)8-10-17/h2-13H,14H2,1H3,(H,23,28). The number of anilines is 1. The molecule has 2 aromatic carbocycles. The van der Waals surface area contributed by atoms with Crippen molar-refractivity contribution in [3.8, 4) is 17.1 Å². The summed E-state index contributed by atoms with van der Waals surface area (Å²) in [6.07, 6.45) is 3.74. The van der Waals surface area contributed by atoms with E-state index in [1.165, 1.54) is 36.0 Å². The minimum Gasteiger partial charge on any atom is -0.497 e. The molecule has 30 heavy (non-hydrogen) atoms. The molecule has 1 amide bonds. The molecule has 0 aliphatic carbocycles. The molecule has 0 bridgehead atoms. The highest BCUT2D eigenvalue weighted by atomic mass is 32.2. The smallest absolute Gasteiger partial charge is 0.234 e. The molecule has 2 aromatic heterocycles. The molecule has 9 heteroatoms. The van der Waals surface area contributed by atoms with Crippen LogP contribution in [-0.4, -0.2) is 38.3 Å². The number of carbonyl (C=O) groups is 1. The van der Waals surface area contributed by atoms with Gasteiger partial charge in [0.05, 0.1) is 12.9 Å². The van der Waals surface area contributed by atoms with Gasteiger partial charge in [0.15, 0.2) is 5.82 Å². The Morgan fingerprint density at radius 2 is 1.87 bits per heavy atom. The third kappa shape index (κ3) is 4.36. The number of methoxy groups -OCH3 is 1. The summed E-state index contributed by atoms with van der Waals surface area (Å²) in [4.78, 5) is 12.3. The number of rotatable bonds is 7. The van der Waals surface area contributed by atoms with Crippen LogP contribution < -0.4 is 10.1 Å². The number of carbonyl (C=O) groups excluding carboxylic acids is 1. The number of hydrogen-bond acceptors (Lipinski definition) is 5. The lowest BCUT2D eigenvalue weighted by Gasteiger charge is -2.12. The Labute approximate surface area is 176 Å². The topological polar surface area (TPSA) is 74.0 Å². The summed E-state index contributed by atoms with van der Waals surface area (Å²) in [5.41, 5.74) is 1.36. The number of aromatic nitrogens is 4. The predicted molar refractivity (Wildman–Crippen MR) is 113 cm³/mol. The van der Waals surface area contributed by atoms with E-state index in [4.69, 9.17) is 4.74 Å². The third-order valence-electron chi connectivity index (χ3n) is 4.22. The Bertz CT molecular complexity index is 1140. The Hall–Kier alpha value is -3.59. The molecule has 0 aliphatic rings. The van der Waals surface area contributed by atoms with Gasteiger partial charge in [-0.1, -0.05) is 23.9 Å². The van der Waals surface area contributed by atoms with Crippen LogP contribution in [0.15, 0.2) is 78.2 Å². The first-order chi connectivity index (χ1) is 14.6. The number of amides is 1. The van der Waals surface area contributed by atoms with Crippen LogP contribution in [0.25, 0.3) is 11.4 Å². The van der Waals surface area contributed by atoms with Crippen molar-refractivity contribution in [2.24, 2.45) is 0 Å². The summed E-state index contributed by atoms with van der Waals surface area (Å²) in [7, 11) is 1.61. The molecule has 2 heterocycles. The highest BCUT2D eigenvalue weighted by Crippen LogP contribution is 2.27. The highest BCUT2D eigenvalue weighted by molar-refractivity contribution is 7.99. The lowest BCUT2D eigenvalue weighted by atomic mass is 10.2. The average molecular weight is 423 g/mol. The zero-order chi connectivity index (χ0) is 20.9. The Morgan fingerprint density at radius 3 is 2.60 bits per heavy atom. The Balaban J connectivity index is 1.56. The summed E-state index contributed by atoms with van der Waals surface area (Å²) >= 11 is 1.25. The van der Waals surface area contributed by atoms with Crippen LogP contribution in [0.2, 0.25) is 0 Å². The van der Waals surface area contributed by atoms with Gasteiger partial charge in [0.1, 0.15) is 11.6 Å². The van der Waals surface area contributed by atoms with E-state index in [0.29, 0.717) is 22.4 Å². The predicted octanol–water partition coefficient (Wildman–Crippen LogP) is 3.94. The second-order valence-electron chi connectivity index (χ2n) is 6.26. The van der Waals surface area contributed by atoms with Crippen molar-refractivity contribution in [3.63, 3.8) is 0 Å². The van der Waals surface area contributed by atoms with Crippen molar-refractivity contribution in [2.45, 2.75) is 5.16 Å². The minimum absolute atomic E-state index is 0.120. The van der Waals surface area contributed by atoms with Gasteiger partial charge in [-0.3, -0.25) is 9.47 Å². The summed E-state index contributed by atoms with van der Waals surface area (Å²) in [5, 5.41) is 11.9. The van der Waals surface area contributed by atoms with Crippen molar-refractivity contribution >= 4 is 23.4 Å². The summed E-state index contributed by atoms with van der Waals surface area (Å²) in [5.74, 6) is 0.868. The first-order valence-electron chi connectivity index (χ1n) is 9.06. The molecule has 0 atom stereocenters. The molecular weight excluding hydrogens is 405 g/mol. The van der Waals surface area contributed by atoms with Crippen molar-refractivity contribution in [2.75, 3.05) is 18.2 Å². The normalized spacial score (nSPS) is 10.7. The highest BCUT2D eigenvalue weighted by Gasteiger charge is 2.17. The first kappa shape index (κ1) is 19.7. The largest absolute Gasteiger partial charge is 0.497 e. The molecule has 0 unspecified atom stereocenters. The zero-order valence-corrected chi connectivity index (χ0v) is 16.8. The van der Waals surface area contributed by atoms with Gasteiger partial charge < -0.3 is 10.1 Å². The molecule has 0 fully saturated rings. The Kier molecular flexibility index (Phi) is 5.80. The number of nitrogens with zero attached hydrogens (tertiary/aromatic N) is 4. The van der Waals surface area contributed by atoms with Crippen molar-refractivity contribution in [1.82, 2.24) is 19.5 Å². The van der Waals surface area contributed by atoms with Gasteiger partial charge in [-0.15, -0.1) is 10.2 Å². The summed E-state index contributed by atoms with van der Waals surface area (Å²) in [6.45, 7) is 0. The van der Waals surface area contributed by atoms with E-state index in [1.807, 2.05) is 58.1 Å². The molecule has 0 radical (unpaired) electrons. The van der Waals surface area contributed by atoms with E-state index in [9.17, 15) is 9.18 Å². The van der Waals surface area contributed by atoms with Gasteiger partial charge >= 0.3 is 0 Å². The maximum atomic E-state index is 13.0. The molecule has 4 rings (SSSR count). The lowest BCUT2D eigenvalue weighted by molar-refractivity contribution is -0.113. The van der Waals surface area contributed by atoms with E-state index in [1.54, 1.807) is 7.11 Å². The van der Waals surface area contributed by atoms with Crippen LogP contribution in [0, 0.1) is 5.82 Å². The Morgan fingerprint density at radius 1 is 1.10 bits per heavy atom. The molecule has 1 N–H and O–H groups in total. The van der Waals surface area contributed by atoms with Gasteiger partial charge in [-0.05, 0) is 48.5 Å². The van der Waals surface area contributed by atoms with E-state index >= 15 is 0 Å². The molecule has 152 valence electrons. The van der Waals surface area contributed by atoms with Crippen LogP contribution >= 0.6 is 11.8 Å². The van der Waals surface area contributed by atoms with Crippen LogP contribution in [0.4, 0.5) is 10.1 Å². The number of ether oxygens (including phenoxy) is 1. The van der Waals surface area contributed by atoms with Crippen LogP contribution in [0.1, 0.15) is 0 Å². The van der Waals surface area contributed by atoms with E-state index in [0.717, 1.165) is 5.56 Å². The number of thioether (sulfide) groups is 1. The summed E-state index contributed by atoms with van der Waals surface area (Å²) in [6, 6.07) is 16.9. The first-order valence-corrected chi connectivity index (χ1v) is 10.0. The van der Waals surface area contributed by atoms with Crippen molar-refractivity contribution < 1.29 is 13.9 Å². The maximum absolute atomic E-state index is 13.0. The molecule has 0 spiro atoms. The van der Waals surface area contributed by atoms with E-state index in [2.05, 4.69) is 15.5 Å². The number of hydrogen-bond donors (Lipinski definition) is 1. The van der Waals surface area contributed by atoms with Gasteiger partial charge in [0.25, 0.3) is 0 Å². The average Bonchev–Trinajstić information content (AvgIpc) is 3.43. The van der Waals surface area contributed by atoms with Gasteiger partial charge in [0, 0.05) is 23.6 Å². The minimum atomic E-state index is -0.354. The molecule has 0 saturated carbocycles. The fraction of sp³-hybridized carbons (Fsp3) is 0.0952. The molecule has 0 saturated heterocycles. The zero-order valence-electron chi connectivity index (χ0n) is 16.0. The van der Waals surface area contributed by atoms with E-state index < -0.39 is 0 Å². The molecular formula is C21H18FN5O2S.